The van der Waals surface area contributed by atoms with Crippen molar-refractivity contribution in [1.82, 2.24) is 14.5 Å². The number of hydrogen-bond donors (Lipinski definition) is 1. The van der Waals surface area contributed by atoms with Crippen LogP contribution in [0.4, 0.5) is 0 Å². The average molecular weight is 389 g/mol. The van der Waals surface area contributed by atoms with E-state index in [0.29, 0.717) is 23.1 Å². The Morgan fingerprint density at radius 2 is 1.90 bits per heavy atom. The Morgan fingerprint density at radius 1 is 1.10 bits per heavy atom. The number of hydrogen-bond acceptors (Lipinski definition) is 5. The number of aromatic amines is 1. The second kappa shape index (κ2) is 7.35. The molecule has 0 spiro atoms. The lowest BCUT2D eigenvalue weighted by atomic mass is 10.1. The highest BCUT2D eigenvalue weighted by atomic mass is 16.5. The number of nitrogens with zero attached hydrogens (tertiary/aromatic N) is 2. The summed E-state index contributed by atoms with van der Waals surface area (Å²) in [6, 6.07) is 10.7. The molecule has 1 aromatic carbocycles. The standard InChI is InChI=1S/C22H19N3O4/c1-3-25-11-17(20(27)15-9-8-13(2)24-21(15)25)22(28)29-12-19(26)16-10-23-18-7-5-4-6-14(16)18/h4-11,23H,3,12H2,1-2H3. The van der Waals surface area contributed by atoms with Crippen molar-refractivity contribution in [2.75, 3.05) is 6.61 Å². The Morgan fingerprint density at radius 3 is 2.69 bits per heavy atom. The van der Waals surface area contributed by atoms with E-state index in [9.17, 15) is 14.4 Å². The molecule has 0 saturated heterocycles. The normalized spacial score (nSPS) is 11.1. The Balaban J connectivity index is 1.61. The van der Waals surface area contributed by atoms with Crippen molar-refractivity contribution in [1.29, 1.82) is 0 Å². The summed E-state index contributed by atoms with van der Waals surface area (Å²) < 4.78 is 6.90. The van der Waals surface area contributed by atoms with Gasteiger partial charge in [-0.3, -0.25) is 9.59 Å². The quantitative estimate of drug-likeness (QED) is 0.418. The number of ketones is 1. The number of aryl methyl sites for hydroxylation is 2. The van der Waals surface area contributed by atoms with E-state index < -0.39 is 18.0 Å². The molecule has 0 radical (unpaired) electrons. The van der Waals surface area contributed by atoms with Crippen molar-refractivity contribution in [2.45, 2.75) is 20.4 Å². The van der Waals surface area contributed by atoms with Crippen LogP contribution in [0.3, 0.4) is 0 Å². The van der Waals surface area contributed by atoms with E-state index in [1.54, 1.807) is 22.9 Å². The molecular weight excluding hydrogens is 370 g/mol. The molecule has 0 aliphatic carbocycles. The fourth-order valence-electron chi connectivity index (χ4n) is 3.34. The van der Waals surface area contributed by atoms with Gasteiger partial charge in [-0.1, -0.05) is 18.2 Å². The van der Waals surface area contributed by atoms with Gasteiger partial charge in [0.25, 0.3) is 0 Å². The largest absolute Gasteiger partial charge is 0.454 e. The van der Waals surface area contributed by atoms with Crippen molar-refractivity contribution in [2.24, 2.45) is 0 Å². The molecule has 0 saturated carbocycles. The minimum Gasteiger partial charge on any atom is -0.454 e. The molecule has 0 unspecified atom stereocenters. The predicted molar refractivity (Wildman–Crippen MR) is 109 cm³/mol. The molecule has 0 aliphatic rings. The van der Waals surface area contributed by atoms with Gasteiger partial charge in [0.15, 0.2) is 6.61 Å². The van der Waals surface area contributed by atoms with Crippen LogP contribution in [-0.4, -0.2) is 32.9 Å². The fraction of sp³-hybridized carbons (Fsp3) is 0.182. The van der Waals surface area contributed by atoms with Gasteiger partial charge in [-0.2, -0.15) is 0 Å². The Bertz CT molecular complexity index is 1320. The Labute approximate surface area is 165 Å². The monoisotopic (exact) mass is 389 g/mol. The minimum absolute atomic E-state index is 0.114. The maximum Gasteiger partial charge on any atom is 0.344 e. The van der Waals surface area contributed by atoms with Gasteiger partial charge in [-0.25, -0.2) is 9.78 Å². The zero-order chi connectivity index (χ0) is 20.5. The van der Waals surface area contributed by atoms with Gasteiger partial charge in [0, 0.05) is 41.1 Å². The molecule has 3 aromatic heterocycles. The number of para-hydroxylation sites is 1. The molecule has 0 aliphatic heterocycles. The SMILES string of the molecule is CCn1cc(C(=O)OCC(=O)c2c[nH]c3ccccc23)c(=O)c2ccc(C)nc21. The number of esters is 1. The van der Waals surface area contributed by atoms with E-state index in [-0.39, 0.29) is 11.3 Å². The van der Waals surface area contributed by atoms with Crippen LogP contribution in [0.5, 0.6) is 0 Å². The molecule has 7 nitrogen and oxygen atoms in total. The van der Waals surface area contributed by atoms with Gasteiger partial charge in [0.2, 0.25) is 11.2 Å². The summed E-state index contributed by atoms with van der Waals surface area (Å²) in [5.41, 5.74) is 1.99. The third kappa shape index (κ3) is 3.31. The van der Waals surface area contributed by atoms with Crippen molar-refractivity contribution in [3.63, 3.8) is 0 Å². The third-order valence-corrected chi connectivity index (χ3v) is 4.85. The molecule has 4 rings (SSSR count). The van der Waals surface area contributed by atoms with Crippen LogP contribution >= 0.6 is 0 Å². The number of pyridine rings is 2. The van der Waals surface area contributed by atoms with E-state index in [4.69, 9.17) is 4.74 Å². The highest BCUT2D eigenvalue weighted by Crippen LogP contribution is 2.18. The fourth-order valence-corrected chi connectivity index (χ4v) is 3.34. The first-order valence-electron chi connectivity index (χ1n) is 9.27. The van der Waals surface area contributed by atoms with Gasteiger partial charge >= 0.3 is 5.97 Å². The number of nitrogens with one attached hydrogen (secondary N) is 1. The maximum atomic E-state index is 12.8. The first kappa shape index (κ1) is 18.6. The van der Waals surface area contributed by atoms with Gasteiger partial charge < -0.3 is 14.3 Å². The second-order valence-electron chi connectivity index (χ2n) is 6.73. The number of Topliss-reactive ketones (excluding diaryl/α,β-unsaturated/α-hetero) is 1. The maximum absolute atomic E-state index is 12.8. The second-order valence-corrected chi connectivity index (χ2v) is 6.73. The van der Waals surface area contributed by atoms with E-state index in [2.05, 4.69) is 9.97 Å². The molecule has 146 valence electrons. The van der Waals surface area contributed by atoms with Crippen LogP contribution in [0.2, 0.25) is 0 Å². The average Bonchev–Trinajstić information content (AvgIpc) is 3.16. The third-order valence-electron chi connectivity index (χ3n) is 4.85. The van der Waals surface area contributed by atoms with E-state index >= 15 is 0 Å². The molecule has 0 amide bonds. The van der Waals surface area contributed by atoms with Gasteiger partial charge in [0.05, 0.1) is 5.39 Å². The summed E-state index contributed by atoms with van der Waals surface area (Å²) in [6.45, 7) is 3.81. The lowest BCUT2D eigenvalue weighted by Crippen LogP contribution is -2.23. The van der Waals surface area contributed by atoms with Crippen LogP contribution in [0.1, 0.15) is 33.3 Å². The molecule has 1 N–H and O–H groups in total. The molecule has 0 bridgehead atoms. The number of aromatic nitrogens is 3. The van der Waals surface area contributed by atoms with Gasteiger partial charge in [-0.15, -0.1) is 0 Å². The number of carbonyl (C=O) groups is 2. The van der Waals surface area contributed by atoms with Crippen LogP contribution in [0, 0.1) is 6.92 Å². The Hall–Kier alpha value is -3.74. The lowest BCUT2D eigenvalue weighted by Gasteiger charge is -2.11. The van der Waals surface area contributed by atoms with E-state index in [1.165, 1.54) is 6.20 Å². The smallest absolute Gasteiger partial charge is 0.344 e. The first-order valence-corrected chi connectivity index (χ1v) is 9.27. The highest BCUT2D eigenvalue weighted by molar-refractivity contribution is 6.09. The number of rotatable bonds is 5. The molecule has 3 heterocycles. The summed E-state index contributed by atoms with van der Waals surface area (Å²) in [4.78, 5) is 45.3. The van der Waals surface area contributed by atoms with Crippen molar-refractivity contribution in [3.8, 4) is 0 Å². The van der Waals surface area contributed by atoms with Gasteiger partial charge in [-0.05, 0) is 32.0 Å². The summed E-state index contributed by atoms with van der Waals surface area (Å²) >= 11 is 0. The van der Waals surface area contributed by atoms with Crippen molar-refractivity contribution < 1.29 is 14.3 Å². The predicted octanol–water partition coefficient (Wildman–Crippen LogP) is 3.25. The topological polar surface area (TPSA) is 94.0 Å². The van der Waals surface area contributed by atoms with Crippen molar-refractivity contribution in [3.05, 3.63) is 75.8 Å². The van der Waals surface area contributed by atoms with Crippen LogP contribution in [0.15, 0.2) is 53.6 Å². The van der Waals surface area contributed by atoms with Crippen LogP contribution in [0.25, 0.3) is 21.9 Å². The van der Waals surface area contributed by atoms with Crippen LogP contribution in [-0.2, 0) is 11.3 Å². The number of H-pyrrole nitrogens is 1. The zero-order valence-electron chi connectivity index (χ0n) is 16.1. The summed E-state index contributed by atoms with van der Waals surface area (Å²) in [5.74, 6) is -1.17. The summed E-state index contributed by atoms with van der Waals surface area (Å²) in [6.07, 6.45) is 3.03. The molecule has 0 fully saturated rings. The van der Waals surface area contributed by atoms with Crippen LogP contribution < -0.4 is 5.43 Å². The summed E-state index contributed by atoms with van der Waals surface area (Å²) in [7, 11) is 0. The van der Waals surface area contributed by atoms with Gasteiger partial charge in [0.1, 0.15) is 11.2 Å². The van der Waals surface area contributed by atoms with E-state index in [0.717, 1.165) is 16.6 Å². The molecular formula is C22H19N3O4. The number of ether oxygens (including phenoxy) is 1. The molecule has 29 heavy (non-hydrogen) atoms. The summed E-state index contributed by atoms with van der Waals surface area (Å²) in [5, 5.41) is 1.10. The first-order chi connectivity index (χ1) is 14.0. The lowest BCUT2D eigenvalue weighted by molar-refractivity contribution is 0.0473. The molecule has 7 heteroatoms. The minimum atomic E-state index is -0.826. The number of fused-ring (bicyclic) bond motifs is 2. The highest BCUT2D eigenvalue weighted by Gasteiger charge is 2.20. The van der Waals surface area contributed by atoms with Crippen molar-refractivity contribution >= 4 is 33.7 Å². The van der Waals surface area contributed by atoms with E-state index in [1.807, 2.05) is 38.1 Å². The number of benzene rings is 1. The Kier molecular flexibility index (Phi) is 4.72. The molecule has 4 aromatic rings. The number of carbonyl (C=O) groups excluding carboxylic acids is 2. The zero-order valence-corrected chi connectivity index (χ0v) is 16.1. The molecule has 0 atom stereocenters.